The molecule has 0 saturated heterocycles. The lowest BCUT2D eigenvalue weighted by Crippen LogP contribution is -2.04. The Labute approximate surface area is 193 Å². The van der Waals surface area contributed by atoms with Crippen molar-refractivity contribution in [2.45, 2.75) is 29.9 Å². The summed E-state index contributed by atoms with van der Waals surface area (Å²) >= 11 is 1.66. The van der Waals surface area contributed by atoms with Crippen LogP contribution in [0.5, 0.6) is 5.75 Å². The number of rotatable bonds is 12. The Kier molecular flexibility index (Phi) is 9.20. The van der Waals surface area contributed by atoms with Crippen LogP contribution in [0.1, 0.15) is 29.8 Å². The van der Waals surface area contributed by atoms with Crippen LogP contribution >= 0.6 is 11.8 Å². The van der Waals surface area contributed by atoms with Gasteiger partial charge in [-0.1, -0.05) is 36.4 Å². The third kappa shape index (κ3) is 7.46. The van der Waals surface area contributed by atoms with Crippen molar-refractivity contribution in [1.29, 1.82) is 0 Å². The highest BCUT2D eigenvalue weighted by molar-refractivity contribution is 7.98. The predicted octanol–water partition coefficient (Wildman–Crippen LogP) is 5.85. The molecule has 166 valence electrons. The molecule has 0 fully saturated rings. The molecule has 1 N–H and O–H groups in total. The van der Waals surface area contributed by atoms with Crippen LogP contribution in [0, 0.1) is 0 Å². The molecule has 2 aromatic carbocycles. The first-order valence-electron chi connectivity index (χ1n) is 10.5. The van der Waals surface area contributed by atoms with E-state index in [9.17, 15) is 9.90 Å². The number of carboxylic acids is 1. The number of methoxy groups -OCH3 is 1. The van der Waals surface area contributed by atoms with Crippen molar-refractivity contribution in [1.82, 2.24) is 4.98 Å². The zero-order valence-corrected chi connectivity index (χ0v) is 18.9. The van der Waals surface area contributed by atoms with Gasteiger partial charge in [-0.25, -0.2) is 4.79 Å². The molecule has 0 aliphatic rings. The van der Waals surface area contributed by atoms with Gasteiger partial charge < -0.3 is 14.6 Å². The van der Waals surface area contributed by atoms with Gasteiger partial charge in [-0.2, -0.15) is 0 Å². The minimum absolute atomic E-state index is 0.0618. The number of carboxylic acid groups (broad SMARTS) is 1. The van der Waals surface area contributed by atoms with Crippen LogP contribution in [0.3, 0.4) is 0 Å². The Morgan fingerprint density at radius 1 is 1.00 bits per heavy atom. The molecular weight excluding hydrogens is 422 g/mol. The highest BCUT2D eigenvalue weighted by Crippen LogP contribution is 2.22. The van der Waals surface area contributed by atoms with E-state index in [4.69, 9.17) is 9.47 Å². The third-order valence-corrected chi connectivity index (χ3v) is 5.83. The van der Waals surface area contributed by atoms with Gasteiger partial charge >= 0.3 is 5.97 Å². The van der Waals surface area contributed by atoms with Crippen LogP contribution in [0.2, 0.25) is 0 Å². The first-order valence-corrected chi connectivity index (χ1v) is 11.5. The topological polar surface area (TPSA) is 68.7 Å². The summed E-state index contributed by atoms with van der Waals surface area (Å²) in [6.45, 7) is 0.455. The van der Waals surface area contributed by atoms with Crippen molar-refractivity contribution >= 4 is 23.3 Å². The summed E-state index contributed by atoms with van der Waals surface area (Å²) in [6, 6.07) is 23.5. The van der Waals surface area contributed by atoms with E-state index in [0.717, 1.165) is 35.6 Å². The van der Waals surface area contributed by atoms with E-state index in [-0.39, 0.29) is 5.57 Å². The van der Waals surface area contributed by atoms with Gasteiger partial charge in [-0.3, -0.25) is 4.98 Å². The molecule has 3 rings (SSSR count). The molecule has 0 spiro atoms. The molecule has 0 radical (unpaired) electrons. The van der Waals surface area contributed by atoms with Crippen LogP contribution in [-0.2, 0) is 21.7 Å². The summed E-state index contributed by atoms with van der Waals surface area (Å²) in [6.07, 6.45) is 4.03. The maximum atomic E-state index is 11.7. The van der Waals surface area contributed by atoms with Crippen LogP contribution < -0.4 is 4.74 Å². The van der Waals surface area contributed by atoms with Crippen molar-refractivity contribution in [3.8, 4) is 5.75 Å². The first kappa shape index (κ1) is 23.4. The second-order valence-electron chi connectivity index (χ2n) is 7.13. The molecule has 0 atom stereocenters. The monoisotopic (exact) mass is 449 g/mol. The molecule has 0 unspecified atom stereocenters. The second kappa shape index (κ2) is 12.6. The number of nitrogens with zero attached hydrogens (tertiary/aromatic N) is 1. The number of hydrogen-bond acceptors (Lipinski definition) is 5. The highest BCUT2D eigenvalue weighted by Gasteiger charge is 2.13. The number of thioether (sulfide) groups is 1. The Balaban J connectivity index is 1.50. The van der Waals surface area contributed by atoms with Gasteiger partial charge in [0.2, 0.25) is 0 Å². The van der Waals surface area contributed by atoms with Crippen molar-refractivity contribution in [2.24, 2.45) is 0 Å². The normalized spacial score (nSPS) is 11.2. The number of ether oxygens (including phenoxy) is 2. The minimum atomic E-state index is -1.05. The Hall–Kier alpha value is -3.25. The van der Waals surface area contributed by atoms with Crippen molar-refractivity contribution in [2.75, 3.05) is 13.7 Å². The summed E-state index contributed by atoms with van der Waals surface area (Å²) in [5.41, 5.74) is 2.53. The Morgan fingerprint density at radius 3 is 2.50 bits per heavy atom. The van der Waals surface area contributed by atoms with Gasteiger partial charge in [0.25, 0.3) is 0 Å². The number of aliphatic carboxylic acids is 1. The quantitative estimate of drug-likeness (QED) is 0.162. The molecule has 3 aromatic rings. The fourth-order valence-electron chi connectivity index (χ4n) is 3.05. The zero-order chi connectivity index (χ0) is 22.6. The summed E-state index contributed by atoms with van der Waals surface area (Å²) in [5.74, 6) is 0.458. The third-order valence-electron chi connectivity index (χ3n) is 4.78. The maximum absolute atomic E-state index is 11.7. The number of aryl methyl sites for hydroxylation is 1. The average Bonchev–Trinajstić information content (AvgIpc) is 2.83. The number of aromatic nitrogens is 1. The number of benzene rings is 2. The maximum Gasteiger partial charge on any atom is 0.341 e. The van der Waals surface area contributed by atoms with Gasteiger partial charge in [0.05, 0.1) is 31.4 Å². The lowest BCUT2D eigenvalue weighted by atomic mass is 10.1. The van der Waals surface area contributed by atoms with Crippen molar-refractivity contribution in [3.63, 3.8) is 0 Å². The molecule has 32 heavy (non-hydrogen) atoms. The zero-order valence-electron chi connectivity index (χ0n) is 18.1. The lowest BCUT2D eigenvalue weighted by Gasteiger charge is -2.07. The number of carbonyl (C=O) groups is 1. The van der Waals surface area contributed by atoms with Gasteiger partial charge in [-0.05, 0) is 61.2 Å². The van der Waals surface area contributed by atoms with Gasteiger partial charge in [0.15, 0.2) is 0 Å². The van der Waals surface area contributed by atoms with E-state index in [1.165, 1.54) is 11.8 Å². The standard InChI is InChI=1S/C26H27NO4S/c1-30-22-15-13-20(14-16-22)8-5-6-17-31-18-24(26(28)29)25-12-7-9-21(27-25)19-32-23-10-3-2-4-11-23/h2-4,7,9-16,18H,5-6,8,17,19H2,1H3,(H,28,29). The van der Waals surface area contributed by atoms with E-state index in [2.05, 4.69) is 17.1 Å². The SMILES string of the molecule is COc1ccc(CCCCOC=C(C(=O)O)c2cccc(CSc3ccccc3)n2)cc1. The largest absolute Gasteiger partial charge is 0.500 e. The van der Waals surface area contributed by atoms with E-state index < -0.39 is 5.97 Å². The fourth-order valence-corrected chi connectivity index (χ4v) is 3.88. The Morgan fingerprint density at radius 2 is 1.78 bits per heavy atom. The molecule has 0 bridgehead atoms. The number of pyridine rings is 1. The summed E-state index contributed by atoms with van der Waals surface area (Å²) < 4.78 is 10.7. The molecule has 6 heteroatoms. The van der Waals surface area contributed by atoms with E-state index >= 15 is 0 Å². The van der Waals surface area contributed by atoms with Crippen molar-refractivity contribution < 1.29 is 19.4 Å². The molecule has 1 heterocycles. The molecule has 0 amide bonds. The van der Waals surface area contributed by atoms with Crippen LogP contribution in [0.25, 0.3) is 5.57 Å². The van der Waals surface area contributed by atoms with E-state index in [1.54, 1.807) is 24.9 Å². The first-order chi connectivity index (χ1) is 15.7. The summed E-state index contributed by atoms with van der Waals surface area (Å²) in [5, 5.41) is 9.62. The second-order valence-corrected chi connectivity index (χ2v) is 8.18. The van der Waals surface area contributed by atoms with Gasteiger partial charge in [0.1, 0.15) is 11.3 Å². The molecule has 0 saturated carbocycles. The molecule has 0 aliphatic carbocycles. The lowest BCUT2D eigenvalue weighted by molar-refractivity contribution is -0.130. The van der Waals surface area contributed by atoms with Crippen molar-refractivity contribution in [3.05, 3.63) is 96.0 Å². The van der Waals surface area contributed by atoms with E-state index in [0.29, 0.717) is 18.1 Å². The highest BCUT2D eigenvalue weighted by atomic mass is 32.2. The minimum Gasteiger partial charge on any atom is -0.500 e. The van der Waals surface area contributed by atoms with Crippen LogP contribution in [0.15, 0.2) is 84.0 Å². The molecular formula is C26H27NO4S. The Bertz CT molecular complexity index is 1020. The molecule has 5 nitrogen and oxygen atoms in total. The van der Waals surface area contributed by atoms with Crippen LogP contribution in [0.4, 0.5) is 0 Å². The van der Waals surface area contributed by atoms with Gasteiger partial charge in [0, 0.05) is 10.6 Å². The molecule has 0 aliphatic heterocycles. The number of hydrogen-bond donors (Lipinski definition) is 1. The van der Waals surface area contributed by atoms with E-state index in [1.807, 2.05) is 54.6 Å². The number of unbranched alkanes of at least 4 members (excludes halogenated alkanes) is 1. The fraction of sp³-hybridized carbons (Fsp3) is 0.231. The smallest absolute Gasteiger partial charge is 0.341 e. The average molecular weight is 450 g/mol. The van der Waals surface area contributed by atoms with Crippen LogP contribution in [-0.4, -0.2) is 29.8 Å². The predicted molar refractivity (Wildman–Crippen MR) is 128 cm³/mol. The summed E-state index contributed by atoms with van der Waals surface area (Å²) in [7, 11) is 1.65. The summed E-state index contributed by atoms with van der Waals surface area (Å²) in [4.78, 5) is 17.4. The molecule has 1 aromatic heterocycles. The van der Waals surface area contributed by atoms with Gasteiger partial charge in [-0.15, -0.1) is 11.8 Å².